The van der Waals surface area contributed by atoms with Crippen molar-refractivity contribution >= 4 is 40.7 Å². The Labute approximate surface area is 229 Å². The SMILES string of the molecule is CCC(C)C(C)CC(C)COC.COc1ccc2c(c1C(=O)Nc1cc(F)ccc1C(N)=O)SCC(C)=N2. The number of anilines is 1. The number of halogens is 1. The predicted molar refractivity (Wildman–Crippen MR) is 154 cm³/mol. The maximum atomic E-state index is 13.6. The Morgan fingerprint density at radius 2 is 1.87 bits per heavy atom. The van der Waals surface area contributed by atoms with Crippen LogP contribution in [-0.2, 0) is 4.74 Å². The first-order valence-corrected chi connectivity index (χ1v) is 13.8. The number of amides is 2. The number of benzene rings is 2. The first-order chi connectivity index (χ1) is 18.0. The zero-order chi connectivity index (χ0) is 28.4. The molecule has 9 heteroatoms. The highest BCUT2D eigenvalue weighted by Crippen LogP contribution is 2.41. The minimum absolute atomic E-state index is 0.00245. The number of hydrogen-bond donors (Lipinski definition) is 2. The fourth-order valence-corrected chi connectivity index (χ4v) is 5.25. The molecular formula is C29H40FN3O4S. The van der Waals surface area contributed by atoms with Crippen LogP contribution in [0.4, 0.5) is 15.8 Å². The number of methoxy groups -OCH3 is 2. The first-order valence-electron chi connectivity index (χ1n) is 12.8. The van der Waals surface area contributed by atoms with Crippen LogP contribution in [0.2, 0.25) is 0 Å². The first kappa shape index (κ1) is 31.3. The number of thioether (sulfide) groups is 1. The van der Waals surface area contributed by atoms with E-state index in [9.17, 15) is 14.0 Å². The zero-order valence-corrected chi connectivity index (χ0v) is 24.2. The Balaban J connectivity index is 0.000000358. The molecule has 0 spiro atoms. The lowest BCUT2D eigenvalue weighted by molar-refractivity contribution is 0.100. The minimum Gasteiger partial charge on any atom is -0.496 e. The number of nitrogens with two attached hydrogens (primary N) is 1. The number of carbonyl (C=O) groups is 2. The van der Waals surface area contributed by atoms with E-state index in [2.05, 4.69) is 38.0 Å². The Kier molecular flexibility index (Phi) is 12.3. The van der Waals surface area contributed by atoms with Crippen molar-refractivity contribution in [1.82, 2.24) is 0 Å². The van der Waals surface area contributed by atoms with Gasteiger partial charge in [0.25, 0.3) is 11.8 Å². The highest BCUT2D eigenvalue weighted by Gasteiger charge is 2.24. The number of primary amides is 1. The molecule has 7 nitrogen and oxygen atoms in total. The van der Waals surface area contributed by atoms with E-state index in [1.807, 2.05) is 6.92 Å². The number of hydrogen-bond acceptors (Lipinski definition) is 6. The van der Waals surface area contributed by atoms with Crippen LogP contribution < -0.4 is 15.8 Å². The second kappa shape index (κ2) is 14.9. The Morgan fingerprint density at radius 1 is 1.16 bits per heavy atom. The summed E-state index contributed by atoms with van der Waals surface area (Å²) in [6, 6.07) is 6.81. The van der Waals surface area contributed by atoms with Crippen molar-refractivity contribution in [3.63, 3.8) is 0 Å². The van der Waals surface area contributed by atoms with Gasteiger partial charge in [0.15, 0.2) is 0 Å². The Bertz CT molecular complexity index is 1150. The molecule has 208 valence electrons. The van der Waals surface area contributed by atoms with E-state index >= 15 is 0 Å². The van der Waals surface area contributed by atoms with Crippen LogP contribution >= 0.6 is 11.8 Å². The van der Waals surface area contributed by atoms with E-state index in [1.165, 1.54) is 37.8 Å². The van der Waals surface area contributed by atoms with Crippen molar-refractivity contribution in [2.45, 2.75) is 52.4 Å². The monoisotopic (exact) mass is 545 g/mol. The van der Waals surface area contributed by atoms with Gasteiger partial charge in [0, 0.05) is 30.1 Å². The molecule has 1 aliphatic heterocycles. The molecule has 0 fully saturated rings. The molecule has 0 saturated carbocycles. The van der Waals surface area contributed by atoms with Crippen LogP contribution in [-0.4, -0.2) is 44.1 Å². The number of rotatable bonds is 10. The topological polar surface area (TPSA) is 103 Å². The lowest BCUT2D eigenvalue weighted by Crippen LogP contribution is -2.20. The van der Waals surface area contributed by atoms with Crippen LogP contribution in [0.15, 0.2) is 40.2 Å². The largest absolute Gasteiger partial charge is 0.496 e. The van der Waals surface area contributed by atoms with E-state index in [1.54, 1.807) is 19.2 Å². The molecule has 3 N–H and O–H groups in total. The van der Waals surface area contributed by atoms with E-state index in [0.29, 0.717) is 28.0 Å². The summed E-state index contributed by atoms with van der Waals surface area (Å²) in [5.41, 5.74) is 7.22. The zero-order valence-electron chi connectivity index (χ0n) is 23.4. The van der Waals surface area contributed by atoms with Crippen molar-refractivity contribution in [1.29, 1.82) is 0 Å². The second-order valence-electron chi connectivity index (χ2n) is 9.79. The fraction of sp³-hybridized carbons (Fsp3) is 0.483. The van der Waals surface area contributed by atoms with E-state index < -0.39 is 17.6 Å². The molecule has 0 bridgehead atoms. The molecule has 2 aromatic carbocycles. The number of nitrogens with one attached hydrogen (secondary N) is 1. The minimum atomic E-state index is -0.767. The summed E-state index contributed by atoms with van der Waals surface area (Å²) >= 11 is 1.47. The third kappa shape index (κ3) is 8.56. The lowest BCUT2D eigenvalue weighted by atomic mass is 9.86. The highest BCUT2D eigenvalue weighted by atomic mass is 32.2. The van der Waals surface area contributed by atoms with Gasteiger partial charge >= 0.3 is 0 Å². The van der Waals surface area contributed by atoms with Gasteiger partial charge in [-0.05, 0) is 61.4 Å². The summed E-state index contributed by atoms with van der Waals surface area (Å²) in [7, 11) is 3.24. The van der Waals surface area contributed by atoms with Gasteiger partial charge in [-0.1, -0.05) is 34.1 Å². The quantitative estimate of drug-likeness (QED) is 0.345. The van der Waals surface area contributed by atoms with Crippen LogP contribution in [0.3, 0.4) is 0 Å². The van der Waals surface area contributed by atoms with Gasteiger partial charge in [-0.15, -0.1) is 11.8 Å². The molecule has 0 saturated heterocycles. The normalized spacial score (nSPS) is 14.7. The van der Waals surface area contributed by atoms with Crippen molar-refractivity contribution in [3.8, 4) is 5.75 Å². The van der Waals surface area contributed by atoms with Crippen molar-refractivity contribution in [2.24, 2.45) is 28.5 Å². The number of nitrogens with zero attached hydrogens (tertiary/aromatic N) is 1. The van der Waals surface area contributed by atoms with Gasteiger partial charge in [-0.25, -0.2) is 4.39 Å². The highest BCUT2D eigenvalue weighted by molar-refractivity contribution is 8.00. The molecule has 2 amide bonds. The second-order valence-corrected chi connectivity index (χ2v) is 10.8. The molecule has 3 unspecified atom stereocenters. The molecule has 38 heavy (non-hydrogen) atoms. The van der Waals surface area contributed by atoms with Gasteiger partial charge < -0.3 is 20.5 Å². The molecule has 0 radical (unpaired) electrons. The number of ether oxygens (including phenoxy) is 2. The number of carbonyl (C=O) groups excluding carboxylic acids is 2. The Morgan fingerprint density at radius 3 is 2.47 bits per heavy atom. The van der Waals surface area contributed by atoms with Gasteiger partial charge in [0.1, 0.15) is 11.6 Å². The summed E-state index contributed by atoms with van der Waals surface area (Å²) < 4.78 is 24.0. The fourth-order valence-electron chi connectivity index (χ4n) is 4.23. The number of aliphatic imine (C=N–C) groups is 1. The maximum absolute atomic E-state index is 13.6. The van der Waals surface area contributed by atoms with E-state index in [-0.39, 0.29) is 16.8 Å². The average Bonchev–Trinajstić information content (AvgIpc) is 2.87. The summed E-state index contributed by atoms with van der Waals surface area (Å²) in [6.07, 6.45) is 2.59. The summed E-state index contributed by atoms with van der Waals surface area (Å²) in [5, 5.41) is 2.56. The smallest absolute Gasteiger partial charge is 0.260 e. The predicted octanol–water partition coefficient (Wildman–Crippen LogP) is 6.72. The maximum Gasteiger partial charge on any atom is 0.260 e. The molecule has 0 aromatic heterocycles. The lowest BCUT2D eigenvalue weighted by Gasteiger charge is -2.21. The molecule has 3 atom stereocenters. The van der Waals surface area contributed by atoms with Crippen molar-refractivity contribution < 1.29 is 23.5 Å². The molecule has 1 heterocycles. The molecule has 1 aliphatic rings. The summed E-state index contributed by atoms with van der Waals surface area (Å²) in [4.78, 5) is 29.6. The van der Waals surface area contributed by atoms with Gasteiger partial charge in [0.05, 0.1) is 29.6 Å². The van der Waals surface area contributed by atoms with E-state index in [0.717, 1.165) is 36.3 Å². The Hall–Kier alpha value is -2.91. The molecule has 0 aliphatic carbocycles. The molecule has 2 aromatic rings. The average molecular weight is 546 g/mol. The van der Waals surface area contributed by atoms with Crippen molar-refractivity contribution in [2.75, 3.05) is 31.9 Å². The summed E-state index contributed by atoms with van der Waals surface area (Å²) in [6.45, 7) is 12.0. The molecular weight excluding hydrogens is 505 g/mol. The van der Waals surface area contributed by atoms with Gasteiger partial charge in [-0.2, -0.15) is 0 Å². The van der Waals surface area contributed by atoms with E-state index in [4.69, 9.17) is 15.2 Å². The van der Waals surface area contributed by atoms with Crippen LogP contribution in [0.1, 0.15) is 68.2 Å². The standard InChI is InChI=1S/C18H16FN3O3S.C11H24O/c1-9-8-26-16-12(21-9)5-6-14(25-2)15(16)18(24)22-13-7-10(19)3-4-11(13)17(20)23;1-6-10(3)11(4)7-9(2)8-12-5/h3-7H,8H2,1-2H3,(H2,20,23)(H,22,24);9-11H,6-8H2,1-5H3. The van der Waals surface area contributed by atoms with Gasteiger partial charge in [-0.3, -0.25) is 14.6 Å². The van der Waals surface area contributed by atoms with Gasteiger partial charge in [0.2, 0.25) is 0 Å². The third-order valence-electron chi connectivity index (χ3n) is 6.62. The van der Waals surface area contributed by atoms with Crippen molar-refractivity contribution in [3.05, 3.63) is 47.3 Å². The van der Waals surface area contributed by atoms with Crippen LogP contribution in [0, 0.1) is 23.6 Å². The van der Waals surface area contributed by atoms with Crippen LogP contribution in [0.5, 0.6) is 5.75 Å². The number of fused-ring (bicyclic) bond motifs is 1. The molecule has 3 rings (SSSR count). The van der Waals surface area contributed by atoms with Crippen LogP contribution in [0.25, 0.3) is 0 Å². The summed E-state index contributed by atoms with van der Waals surface area (Å²) in [5.74, 6) is 1.50. The third-order valence-corrected chi connectivity index (χ3v) is 7.88.